The van der Waals surface area contributed by atoms with E-state index in [0.29, 0.717) is 5.69 Å². The molecule has 1 amide bonds. The van der Waals surface area contributed by atoms with Crippen molar-refractivity contribution in [3.63, 3.8) is 0 Å². The molecule has 3 saturated heterocycles. The number of pyridine rings is 1. The lowest BCUT2D eigenvalue weighted by Crippen LogP contribution is -2.53. The number of aromatic nitrogens is 5. The van der Waals surface area contributed by atoms with Crippen molar-refractivity contribution in [1.82, 2.24) is 29.9 Å². The molecule has 224 valence electrons. The Morgan fingerprint density at radius 3 is 2.45 bits per heavy atom. The summed E-state index contributed by atoms with van der Waals surface area (Å²) in [6.45, 7) is 6.54. The van der Waals surface area contributed by atoms with Crippen molar-refractivity contribution >= 4 is 17.7 Å². The minimum Gasteiger partial charge on any atom is -0.444 e. The van der Waals surface area contributed by atoms with Crippen LogP contribution in [0.3, 0.4) is 0 Å². The third kappa shape index (κ3) is 5.79. The summed E-state index contributed by atoms with van der Waals surface area (Å²) in [6, 6.07) is 8.69. The number of hydrogen-bond acceptors (Lipinski definition) is 9. The highest BCUT2D eigenvalue weighted by Gasteiger charge is 2.46. The van der Waals surface area contributed by atoms with E-state index in [-0.39, 0.29) is 30.4 Å². The first-order chi connectivity index (χ1) is 20.2. The molecule has 4 atom stereocenters. The minimum atomic E-state index is -0.488. The van der Waals surface area contributed by atoms with Crippen molar-refractivity contribution in [2.45, 2.75) is 95.7 Å². The maximum absolute atomic E-state index is 12.9. The summed E-state index contributed by atoms with van der Waals surface area (Å²) in [5, 5.41) is 16.9. The van der Waals surface area contributed by atoms with Crippen molar-refractivity contribution in [3.05, 3.63) is 36.7 Å². The summed E-state index contributed by atoms with van der Waals surface area (Å²) in [6.07, 6.45) is 10.8. The van der Waals surface area contributed by atoms with Crippen LogP contribution in [0.5, 0.6) is 0 Å². The van der Waals surface area contributed by atoms with Gasteiger partial charge in [0, 0.05) is 56.2 Å². The van der Waals surface area contributed by atoms with Gasteiger partial charge in [0.05, 0.1) is 11.9 Å². The molecule has 2 bridgehead atoms. The fraction of sp³-hybridized carbons (Fsp3) is 0.581. The predicted molar refractivity (Wildman–Crippen MR) is 161 cm³/mol. The van der Waals surface area contributed by atoms with E-state index in [1.807, 2.05) is 74.1 Å². The van der Waals surface area contributed by atoms with Crippen LogP contribution in [-0.2, 0) is 9.47 Å². The van der Waals surface area contributed by atoms with Crippen LogP contribution in [0.2, 0.25) is 0 Å². The van der Waals surface area contributed by atoms with Crippen LogP contribution in [0.1, 0.15) is 71.9 Å². The number of hydrogen-bond donors (Lipinski definition) is 1. The summed E-state index contributed by atoms with van der Waals surface area (Å²) >= 11 is 0. The Morgan fingerprint density at radius 1 is 1.05 bits per heavy atom. The number of rotatable bonds is 6. The molecule has 3 aliphatic heterocycles. The number of nitrogens with zero attached hydrogens (tertiary/aromatic N) is 7. The summed E-state index contributed by atoms with van der Waals surface area (Å²) in [4.78, 5) is 21.9. The normalized spacial score (nSPS) is 24.0. The van der Waals surface area contributed by atoms with E-state index in [0.717, 1.165) is 80.0 Å². The summed E-state index contributed by atoms with van der Waals surface area (Å²) in [5.74, 6) is 1.57. The molecule has 3 aromatic heterocycles. The van der Waals surface area contributed by atoms with E-state index in [2.05, 4.69) is 32.6 Å². The van der Waals surface area contributed by atoms with Crippen molar-refractivity contribution in [2.24, 2.45) is 0 Å². The minimum absolute atomic E-state index is 0.00243. The lowest BCUT2D eigenvalue weighted by molar-refractivity contribution is -0.0394. The van der Waals surface area contributed by atoms with Crippen LogP contribution < -0.4 is 10.2 Å². The maximum Gasteiger partial charge on any atom is 0.410 e. The fourth-order valence-electron chi connectivity index (χ4n) is 6.51. The van der Waals surface area contributed by atoms with E-state index in [4.69, 9.17) is 14.5 Å². The first-order valence-corrected chi connectivity index (χ1v) is 15.1. The monoisotopic (exact) mass is 574 g/mol. The molecule has 0 aromatic carbocycles. The molecular formula is C31H42N8O3. The molecule has 11 heteroatoms. The van der Waals surface area contributed by atoms with E-state index in [9.17, 15) is 4.79 Å². The number of ether oxygens (including phenoxy) is 2. The first kappa shape index (κ1) is 28.4. The van der Waals surface area contributed by atoms with Crippen molar-refractivity contribution in [2.75, 3.05) is 30.9 Å². The van der Waals surface area contributed by atoms with Crippen molar-refractivity contribution in [1.29, 1.82) is 0 Å². The van der Waals surface area contributed by atoms with Gasteiger partial charge in [-0.3, -0.25) is 0 Å². The second kappa shape index (κ2) is 11.5. The lowest BCUT2D eigenvalue weighted by Gasteiger charge is -2.42. The molecule has 6 rings (SSSR count). The van der Waals surface area contributed by atoms with E-state index < -0.39 is 5.60 Å². The Kier molecular flexibility index (Phi) is 7.78. The van der Waals surface area contributed by atoms with Crippen LogP contribution in [-0.4, -0.2) is 80.4 Å². The van der Waals surface area contributed by atoms with Gasteiger partial charge in [0.15, 0.2) is 5.82 Å². The topological polar surface area (TPSA) is 111 Å². The maximum atomic E-state index is 12.9. The van der Waals surface area contributed by atoms with Crippen molar-refractivity contribution < 1.29 is 14.3 Å². The SMILES string of the molecule is CNc1nc(-c2ccc(N(C)C3CC4CC[C@H](C3)N4C(=O)OC(C)(C)C)nn2)ccc1-c1cnn(C2CCCCO2)c1. The molecular weight excluding hydrogens is 532 g/mol. The molecule has 0 spiro atoms. The number of nitrogens with one attached hydrogen (secondary N) is 1. The number of amides is 1. The number of carbonyl (C=O) groups excluding carboxylic acids is 1. The van der Waals surface area contributed by atoms with Gasteiger partial charge in [0.2, 0.25) is 0 Å². The molecule has 3 fully saturated rings. The molecule has 11 nitrogen and oxygen atoms in total. The Labute approximate surface area is 247 Å². The molecule has 3 aliphatic rings. The van der Waals surface area contributed by atoms with Crippen molar-refractivity contribution in [3.8, 4) is 22.5 Å². The zero-order chi connectivity index (χ0) is 29.4. The summed E-state index contributed by atoms with van der Waals surface area (Å²) in [5.41, 5.74) is 2.93. The van der Waals surface area contributed by atoms with Gasteiger partial charge < -0.3 is 24.6 Å². The smallest absolute Gasteiger partial charge is 0.410 e. The van der Waals surface area contributed by atoms with Gasteiger partial charge >= 0.3 is 6.09 Å². The molecule has 3 aromatic rings. The highest BCUT2D eigenvalue weighted by molar-refractivity contribution is 5.76. The quantitative estimate of drug-likeness (QED) is 0.407. The summed E-state index contributed by atoms with van der Waals surface area (Å²) < 4.78 is 13.5. The lowest BCUT2D eigenvalue weighted by atomic mass is 9.96. The predicted octanol–water partition coefficient (Wildman–Crippen LogP) is 5.51. The van der Waals surface area contributed by atoms with Crippen LogP contribution in [0, 0.1) is 0 Å². The average molecular weight is 575 g/mol. The molecule has 1 N–H and O–H groups in total. The van der Waals surface area contributed by atoms with Gasteiger partial charge in [0.1, 0.15) is 23.3 Å². The zero-order valence-corrected chi connectivity index (χ0v) is 25.3. The van der Waals surface area contributed by atoms with Gasteiger partial charge in [-0.1, -0.05) is 0 Å². The molecule has 0 radical (unpaired) electrons. The van der Waals surface area contributed by atoms with Crippen LogP contribution >= 0.6 is 0 Å². The van der Waals surface area contributed by atoms with Gasteiger partial charge in [-0.25, -0.2) is 14.5 Å². The zero-order valence-electron chi connectivity index (χ0n) is 25.3. The number of piperidine rings is 1. The Bertz CT molecular complexity index is 1380. The molecule has 42 heavy (non-hydrogen) atoms. The average Bonchev–Trinajstić information content (AvgIpc) is 3.58. The van der Waals surface area contributed by atoms with E-state index >= 15 is 0 Å². The first-order valence-electron chi connectivity index (χ1n) is 15.1. The molecule has 6 heterocycles. The Balaban J connectivity index is 1.13. The highest BCUT2D eigenvalue weighted by Crippen LogP contribution is 2.39. The number of anilines is 2. The second-order valence-corrected chi connectivity index (χ2v) is 12.7. The van der Waals surface area contributed by atoms with Crippen LogP contribution in [0.15, 0.2) is 36.7 Å². The molecule has 0 aliphatic carbocycles. The van der Waals surface area contributed by atoms with E-state index in [1.54, 1.807) is 0 Å². The second-order valence-electron chi connectivity index (χ2n) is 12.7. The third-order valence-electron chi connectivity index (χ3n) is 8.63. The Hall–Kier alpha value is -3.73. The highest BCUT2D eigenvalue weighted by atomic mass is 16.6. The van der Waals surface area contributed by atoms with Crippen LogP contribution in [0.25, 0.3) is 22.5 Å². The largest absolute Gasteiger partial charge is 0.444 e. The van der Waals surface area contributed by atoms with Gasteiger partial charge in [0.25, 0.3) is 0 Å². The van der Waals surface area contributed by atoms with Crippen LogP contribution in [0.4, 0.5) is 16.4 Å². The standard InChI is InChI=1S/C31H42N8O3/c1-31(2,3)42-30(40)39-21-9-10-22(39)17-23(16-21)37(5)27-14-13-26(35-36-27)25-12-11-24(29(32-4)34-25)20-18-33-38(19-20)28-8-6-7-15-41-28/h11-14,18-19,21-23,28H,6-10,15-17H2,1-5H3,(H,32,34)/t21-,22?,23?,28?/m1/s1. The third-order valence-corrected chi connectivity index (χ3v) is 8.63. The van der Waals surface area contributed by atoms with E-state index in [1.165, 1.54) is 0 Å². The fourth-order valence-corrected chi connectivity index (χ4v) is 6.51. The van der Waals surface area contributed by atoms with Gasteiger partial charge in [-0.15, -0.1) is 10.2 Å². The number of carbonyl (C=O) groups is 1. The summed E-state index contributed by atoms with van der Waals surface area (Å²) in [7, 11) is 3.94. The number of fused-ring (bicyclic) bond motifs is 2. The molecule has 0 saturated carbocycles. The van der Waals surface area contributed by atoms with Gasteiger partial charge in [-0.2, -0.15) is 5.10 Å². The molecule has 3 unspecified atom stereocenters. The van der Waals surface area contributed by atoms with Gasteiger partial charge in [-0.05, 0) is 90.0 Å². The Morgan fingerprint density at radius 2 is 1.81 bits per heavy atom.